The summed E-state index contributed by atoms with van der Waals surface area (Å²) < 4.78 is 0. The van der Waals surface area contributed by atoms with Crippen LogP contribution in [0.4, 0.5) is 5.69 Å². The minimum atomic E-state index is -0.0591. The average molecular weight is 352 g/mol. The van der Waals surface area contributed by atoms with Crippen molar-refractivity contribution in [1.82, 2.24) is 9.88 Å². The van der Waals surface area contributed by atoms with E-state index in [0.717, 1.165) is 12.1 Å². The van der Waals surface area contributed by atoms with Crippen LogP contribution in [0, 0.1) is 0 Å². The smallest absolute Gasteiger partial charge is 0.238 e. The fourth-order valence-corrected chi connectivity index (χ4v) is 3.23. The Morgan fingerprint density at radius 2 is 2.26 bits per heavy atom. The van der Waals surface area contributed by atoms with Crippen molar-refractivity contribution >= 4 is 34.5 Å². The molecular formula is C17H22ClN3OS. The van der Waals surface area contributed by atoms with Gasteiger partial charge in [0.2, 0.25) is 5.91 Å². The molecule has 23 heavy (non-hydrogen) atoms. The second-order valence-electron chi connectivity index (χ2n) is 5.57. The number of carbonyl (C=O) groups excluding carboxylic acids is 1. The van der Waals surface area contributed by atoms with Gasteiger partial charge in [-0.1, -0.05) is 31.0 Å². The molecular weight excluding hydrogens is 330 g/mol. The van der Waals surface area contributed by atoms with E-state index in [1.807, 2.05) is 24.1 Å². The molecule has 1 N–H and O–H groups in total. The molecule has 0 saturated carbocycles. The number of benzene rings is 1. The van der Waals surface area contributed by atoms with Gasteiger partial charge in [-0.15, -0.1) is 11.3 Å². The van der Waals surface area contributed by atoms with Crippen LogP contribution in [0.3, 0.4) is 0 Å². The van der Waals surface area contributed by atoms with Crippen LogP contribution < -0.4 is 5.32 Å². The Balaban J connectivity index is 1.80. The second-order valence-corrected chi connectivity index (χ2v) is 6.95. The van der Waals surface area contributed by atoms with Gasteiger partial charge in [0.25, 0.3) is 0 Å². The standard InChI is InChI=1S/C17H22ClN3OS/c1-3-4-8-17-20-15(12-23-17)10-21(2)11-16(22)19-14-7-5-6-13(18)9-14/h5-7,9,12H,3-4,8,10-11H2,1-2H3,(H,19,22). The Hall–Kier alpha value is -1.43. The van der Waals surface area contributed by atoms with Crippen molar-refractivity contribution in [3.8, 4) is 0 Å². The maximum absolute atomic E-state index is 12.1. The summed E-state index contributed by atoms with van der Waals surface area (Å²) in [5.41, 5.74) is 1.74. The molecule has 6 heteroatoms. The topological polar surface area (TPSA) is 45.2 Å². The van der Waals surface area contributed by atoms with Gasteiger partial charge in [-0.3, -0.25) is 9.69 Å². The number of anilines is 1. The molecule has 1 aromatic heterocycles. The highest BCUT2D eigenvalue weighted by Gasteiger charge is 2.10. The summed E-state index contributed by atoms with van der Waals surface area (Å²) in [4.78, 5) is 18.6. The Morgan fingerprint density at radius 1 is 1.43 bits per heavy atom. The fraction of sp³-hybridized carbons (Fsp3) is 0.412. The summed E-state index contributed by atoms with van der Waals surface area (Å²) in [6, 6.07) is 7.15. The number of rotatable bonds is 8. The third-order valence-corrected chi connectivity index (χ3v) is 4.49. The van der Waals surface area contributed by atoms with E-state index in [0.29, 0.717) is 23.8 Å². The molecule has 0 saturated heterocycles. The zero-order valence-electron chi connectivity index (χ0n) is 13.5. The molecule has 0 unspecified atom stereocenters. The van der Waals surface area contributed by atoms with Crippen LogP contribution in [0.2, 0.25) is 5.02 Å². The van der Waals surface area contributed by atoms with Gasteiger partial charge in [0.15, 0.2) is 0 Å². The predicted molar refractivity (Wildman–Crippen MR) is 97.1 cm³/mol. The minimum Gasteiger partial charge on any atom is -0.325 e. The van der Waals surface area contributed by atoms with Gasteiger partial charge >= 0.3 is 0 Å². The summed E-state index contributed by atoms with van der Waals surface area (Å²) in [6.07, 6.45) is 3.39. The quantitative estimate of drug-likeness (QED) is 0.774. The van der Waals surface area contributed by atoms with Gasteiger partial charge in [0.1, 0.15) is 0 Å². The highest BCUT2D eigenvalue weighted by atomic mass is 35.5. The third kappa shape index (κ3) is 6.29. The molecule has 0 aliphatic heterocycles. The van der Waals surface area contributed by atoms with Crippen molar-refractivity contribution in [2.45, 2.75) is 32.7 Å². The van der Waals surface area contributed by atoms with Gasteiger partial charge < -0.3 is 5.32 Å². The number of hydrogen-bond donors (Lipinski definition) is 1. The predicted octanol–water partition coefficient (Wildman–Crippen LogP) is 4.21. The van der Waals surface area contributed by atoms with Crippen molar-refractivity contribution in [2.75, 3.05) is 18.9 Å². The molecule has 124 valence electrons. The summed E-state index contributed by atoms with van der Waals surface area (Å²) in [5, 5.41) is 6.72. The zero-order valence-corrected chi connectivity index (χ0v) is 15.1. The SMILES string of the molecule is CCCCc1nc(CN(C)CC(=O)Nc2cccc(Cl)c2)cs1. The molecule has 0 aliphatic carbocycles. The highest BCUT2D eigenvalue weighted by molar-refractivity contribution is 7.09. The van der Waals surface area contributed by atoms with Crippen LogP contribution in [0.5, 0.6) is 0 Å². The lowest BCUT2D eigenvalue weighted by Gasteiger charge is -2.15. The van der Waals surface area contributed by atoms with Gasteiger partial charge in [-0.2, -0.15) is 0 Å². The molecule has 2 aromatic rings. The van der Waals surface area contributed by atoms with Crippen molar-refractivity contribution in [1.29, 1.82) is 0 Å². The van der Waals surface area contributed by atoms with Crippen molar-refractivity contribution in [3.05, 3.63) is 45.4 Å². The maximum Gasteiger partial charge on any atom is 0.238 e. The Labute approximate surface area is 146 Å². The average Bonchev–Trinajstić information content (AvgIpc) is 2.92. The number of nitrogens with one attached hydrogen (secondary N) is 1. The van der Waals surface area contributed by atoms with E-state index < -0.39 is 0 Å². The maximum atomic E-state index is 12.1. The Bertz CT molecular complexity index is 644. The number of unbranched alkanes of at least 4 members (excludes halogenated alkanes) is 1. The van der Waals surface area contributed by atoms with E-state index >= 15 is 0 Å². The van der Waals surface area contributed by atoms with Gasteiger partial charge in [-0.05, 0) is 38.1 Å². The van der Waals surface area contributed by atoms with E-state index in [1.54, 1.807) is 23.5 Å². The number of halogens is 1. The lowest BCUT2D eigenvalue weighted by atomic mass is 10.3. The van der Waals surface area contributed by atoms with Crippen LogP contribution in [0.15, 0.2) is 29.6 Å². The molecule has 1 aromatic carbocycles. The number of carbonyl (C=O) groups is 1. The van der Waals surface area contributed by atoms with Crippen molar-refractivity contribution in [2.24, 2.45) is 0 Å². The first-order valence-corrected chi connectivity index (χ1v) is 9.00. The lowest BCUT2D eigenvalue weighted by Crippen LogP contribution is -2.29. The number of hydrogen-bond acceptors (Lipinski definition) is 4. The number of amides is 1. The minimum absolute atomic E-state index is 0.0591. The molecule has 0 radical (unpaired) electrons. The van der Waals surface area contributed by atoms with Crippen LogP contribution >= 0.6 is 22.9 Å². The molecule has 0 atom stereocenters. The monoisotopic (exact) mass is 351 g/mol. The van der Waals surface area contributed by atoms with E-state index in [4.69, 9.17) is 11.6 Å². The molecule has 1 amide bonds. The van der Waals surface area contributed by atoms with Crippen LogP contribution in [0.1, 0.15) is 30.5 Å². The van der Waals surface area contributed by atoms with Crippen LogP contribution in [-0.4, -0.2) is 29.4 Å². The number of thiazole rings is 1. The molecule has 0 spiro atoms. The second kappa shape index (κ2) is 9.01. The first-order valence-electron chi connectivity index (χ1n) is 7.74. The van der Waals surface area contributed by atoms with Gasteiger partial charge in [0, 0.05) is 22.6 Å². The summed E-state index contributed by atoms with van der Waals surface area (Å²) >= 11 is 7.61. The molecule has 4 nitrogen and oxygen atoms in total. The van der Waals surface area contributed by atoms with E-state index in [9.17, 15) is 4.79 Å². The first-order chi connectivity index (χ1) is 11.1. The molecule has 1 heterocycles. The molecule has 0 fully saturated rings. The van der Waals surface area contributed by atoms with Crippen molar-refractivity contribution in [3.63, 3.8) is 0 Å². The zero-order chi connectivity index (χ0) is 16.7. The van der Waals surface area contributed by atoms with Crippen LogP contribution in [-0.2, 0) is 17.8 Å². The van der Waals surface area contributed by atoms with Crippen LogP contribution in [0.25, 0.3) is 0 Å². The summed E-state index contributed by atoms with van der Waals surface area (Å²) in [5.74, 6) is -0.0591. The first kappa shape index (κ1) is 17.9. The number of aryl methyl sites for hydroxylation is 1. The van der Waals surface area contributed by atoms with E-state index in [2.05, 4.69) is 22.6 Å². The number of likely N-dealkylation sites (N-methyl/N-ethyl adjacent to an activating group) is 1. The highest BCUT2D eigenvalue weighted by Crippen LogP contribution is 2.16. The Kier molecular flexibility index (Phi) is 7.02. The van der Waals surface area contributed by atoms with E-state index in [-0.39, 0.29) is 5.91 Å². The fourth-order valence-electron chi connectivity index (χ4n) is 2.21. The van der Waals surface area contributed by atoms with E-state index in [1.165, 1.54) is 17.8 Å². The van der Waals surface area contributed by atoms with Gasteiger partial charge in [0.05, 0.1) is 17.2 Å². The molecule has 2 rings (SSSR count). The largest absolute Gasteiger partial charge is 0.325 e. The molecule has 0 aliphatic rings. The number of aromatic nitrogens is 1. The Morgan fingerprint density at radius 3 is 3.00 bits per heavy atom. The third-order valence-electron chi connectivity index (χ3n) is 3.30. The summed E-state index contributed by atoms with van der Waals surface area (Å²) in [6.45, 7) is 3.17. The van der Waals surface area contributed by atoms with Crippen molar-refractivity contribution < 1.29 is 4.79 Å². The molecule has 0 bridgehead atoms. The number of nitrogens with zero attached hydrogens (tertiary/aromatic N) is 2. The summed E-state index contributed by atoms with van der Waals surface area (Å²) in [7, 11) is 1.92. The normalized spacial score (nSPS) is 11.0. The van der Waals surface area contributed by atoms with Gasteiger partial charge in [-0.25, -0.2) is 4.98 Å². The lowest BCUT2D eigenvalue weighted by molar-refractivity contribution is -0.117.